The molecule has 1 unspecified atom stereocenters. The summed E-state index contributed by atoms with van der Waals surface area (Å²) in [5.41, 5.74) is 3.68. The van der Waals surface area contributed by atoms with E-state index in [1.165, 1.54) is 17.7 Å². The van der Waals surface area contributed by atoms with Crippen LogP contribution in [0.1, 0.15) is 35.4 Å². The van der Waals surface area contributed by atoms with E-state index in [0.717, 1.165) is 48.4 Å². The third kappa shape index (κ3) is 2.66. The largest absolute Gasteiger partial charge is 0.481 e. The summed E-state index contributed by atoms with van der Waals surface area (Å²) in [4.78, 5) is 13.5. The number of nitrogens with zero attached hydrogens (tertiary/aromatic N) is 2. The third-order valence-electron chi connectivity index (χ3n) is 5.01. The van der Waals surface area contributed by atoms with Crippen LogP contribution in [0.3, 0.4) is 0 Å². The molecule has 126 valence electrons. The lowest BCUT2D eigenvalue weighted by Gasteiger charge is -2.34. The highest BCUT2D eigenvalue weighted by Crippen LogP contribution is 2.33. The lowest BCUT2D eigenvalue weighted by Crippen LogP contribution is -2.38. The van der Waals surface area contributed by atoms with Crippen molar-refractivity contribution in [2.45, 2.75) is 38.6 Å². The van der Waals surface area contributed by atoms with Crippen LogP contribution in [0.15, 0.2) is 22.7 Å². The number of hydrogen-bond donors (Lipinski definition) is 1. The summed E-state index contributed by atoms with van der Waals surface area (Å²) in [7, 11) is 0. The molecule has 1 aromatic carbocycles. The van der Waals surface area contributed by atoms with E-state index >= 15 is 0 Å². The van der Waals surface area contributed by atoms with E-state index in [1.54, 1.807) is 6.07 Å². The van der Waals surface area contributed by atoms with E-state index in [0.29, 0.717) is 19.5 Å². The molecule has 4 rings (SSSR count). The van der Waals surface area contributed by atoms with Crippen molar-refractivity contribution in [3.63, 3.8) is 0 Å². The number of benzene rings is 1. The van der Waals surface area contributed by atoms with Gasteiger partial charge in [-0.3, -0.25) is 4.79 Å². The van der Waals surface area contributed by atoms with Crippen LogP contribution >= 0.6 is 0 Å². The van der Waals surface area contributed by atoms with Gasteiger partial charge in [-0.15, -0.1) is 0 Å². The molecule has 5 nitrogen and oxygen atoms in total. The van der Waals surface area contributed by atoms with Gasteiger partial charge < -0.3 is 14.5 Å². The second-order valence-electron chi connectivity index (χ2n) is 6.63. The molecule has 0 radical (unpaired) electrons. The molecule has 6 heteroatoms. The van der Waals surface area contributed by atoms with Gasteiger partial charge in [-0.05, 0) is 49.4 Å². The first-order valence-electron chi connectivity index (χ1n) is 8.34. The van der Waals surface area contributed by atoms with Gasteiger partial charge in [0, 0.05) is 24.2 Å². The van der Waals surface area contributed by atoms with Crippen molar-refractivity contribution >= 4 is 11.7 Å². The van der Waals surface area contributed by atoms with Gasteiger partial charge in [0.2, 0.25) is 0 Å². The number of carbonyl (C=O) groups is 1. The molecule has 0 fully saturated rings. The van der Waals surface area contributed by atoms with E-state index in [9.17, 15) is 14.3 Å². The Labute approximate surface area is 139 Å². The van der Waals surface area contributed by atoms with Crippen LogP contribution in [0.25, 0.3) is 0 Å². The number of carboxylic acids is 1. The molecule has 1 aliphatic carbocycles. The molecule has 0 saturated heterocycles. The van der Waals surface area contributed by atoms with Crippen molar-refractivity contribution in [1.29, 1.82) is 0 Å². The normalized spacial score (nSPS) is 19.7. The molecule has 0 bridgehead atoms. The zero-order valence-electron chi connectivity index (χ0n) is 13.3. The number of aromatic nitrogens is 1. The van der Waals surface area contributed by atoms with Crippen LogP contribution in [-0.2, 0) is 30.6 Å². The molecule has 2 heterocycles. The van der Waals surface area contributed by atoms with Crippen LogP contribution in [0.5, 0.6) is 0 Å². The quantitative estimate of drug-likeness (QED) is 0.937. The SMILES string of the molecule is O=C(O)C1Cc2cc(F)ccc2N(Cc2noc3c2CCCC3)C1. The van der Waals surface area contributed by atoms with Gasteiger partial charge in [0.05, 0.1) is 12.5 Å². The van der Waals surface area contributed by atoms with Crippen molar-refractivity contribution in [2.75, 3.05) is 11.4 Å². The van der Waals surface area contributed by atoms with Gasteiger partial charge in [-0.25, -0.2) is 4.39 Å². The average Bonchev–Trinajstić information content (AvgIpc) is 2.97. The second kappa shape index (κ2) is 5.92. The van der Waals surface area contributed by atoms with Gasteiger partial charge in [-0.1, -0.05) is 5.16 Å². The van der Waals surface area contributed by atoms with Gasteiger partial charge in [0.1, 0.15) is 17.3 Å². The molecule has 1 aromatic heterocycles. The highest BCUT2D eigenvalue weighted by molar-refractivity contribution is 5.74. The first kappa shape index (κ1) is 15.2. The summed E-state index contributed by atoms with van der Waals surface area (Å²) in [6.07, 6.45) is 4.48. The monoisotopic (exact) mass is 330 g/mol. The van der Waals surface area contributed by atoms with E-state index in [-0.39, 0.29) is 5.82 Å². The van der Waals surface area contributed by atoms with E-state index < -0.39 is 11.9 Å². The Bertz CT molecular complexity index is 787. The summed E-state index contributed by atoms with van der Waals surface area (Å²) in [5.74, 6) is -0.764. The van der Waals surface area contributed by atoms with Crippen LogP contribution < -0.4 is 4.90 Å². The summed E-state index contributed by atoms with van der Waals surface area (Å²) < 4.78 is 19.0. The summed E-state index contributed by atoms with van der Waals surface area (Å²) in [5, 5.41) is 13.6. The average molecular weight is 330 g/mol. The van der Waals surface area contributed by atoms with E-state index in [2.05, 4.69) is 5.16 Å². The molecule has 2 aromatic rings. The predicted molar refractivity (Wildman–Crippen MR) is 85.4 cm³/mol. The zero-order valence-corrected chi connectivity index (χ0v) is 13.3. The zero-order chi connectivity index (χ0) is 16.7. The maximum Gasteiger partial charge on any atom is 0.308 e. The number of halogens is 1. The first-order valence-corrected chi connectivity index (χ1v) is 8.34. The van der Waals surface area contributed by atoms with Gasteiger partial charge in [0.15, 0.2) is 0 Å². The maximum atomic E-state index is 13.6. The molecule has 1 N–H and O–H groups in total. The van der Waals surface area contributed by atoms with Crippen molar-refractivity contribution in [3.8, 4) is 0 Å². The Kier molecular flexibility index (Phi) is 3.75. The summed E-state index contributed by atoms with van der Waals surface area (Å²) >= 11 is 0. The molecule has 1 atom stereocenters. The summed E-state index contributed by atoms with van der Waals surface area (Å²) in [6.45, 7) is 0.900. The number of aryl methyl sites for hydroxylation is 1. The van der Waals surface area contributed by atoms with Gasteiger partial charge in [-0.2, -0.15) is 0 Å². The molecular weight excluding hydrogens is 311 g/mol. The fraction of sp³-hybridized carbons (Fsp3) is 0.444. The predicted octanol–water partition coefficient (Wildman–Crippen LogP) is 2.96. The number of hydrogen-bond acceptors (Lipinski definition) is 4. The highest BCUT2D eigenvalue weighted by atomic mass is 19.1. The Morgan fingerprint density at radius 1 is 1.38 bits per heavy atom. The third-order valence-corrected chi connectivity index (χ3v) is 5.01. The van der Waals surface area contributed by atoms with Crippen LogP contribution in [0.2, 0.25) is 0 Å². The molecule has 2 aliphatic rings. The van der Waals surface area contributed by atoms with E-state index in [4.69, 9.17) is 4.52 Å². The minimum absolute atomic E-state index is 0.335. The number of fused-ring (bicyclic) bond motifs is 2. The fourth-order valence-corrected chi connectivity index (χ4v) is 3.79. The van der Waals surface area contributed by atoms with Crippen molar-refractivity contribution in [1.82, 2.24) is 5.16 Å². The molecule has 24 heavy (non-hydrogen) atoms. The Morgan fingerprint density at radius 2 is 2.21 bits per heavy atom. The minimum atomic E-state index is -0.850. The summed E-state index contributed by atoms with van der Waals surface area (Å²) in [6, 6.07) is 4.59. The molecule has 1 aliphatic heterocycles. The molecule has 0 amide bonds. The Morgan fingerprint density at radius 3 is 3.04 bits per heavy atom. The number of aliphatic carboxylic acids is 1. The fourth-order valence-electron chi connectivity index (χ4n) is 3.79. The standard InChI is InChI=1S/C18H19FN2O3/c19-13-5-6-16-11(8-13)7-12(18(22)23)9-21(16)10-15-14-3-1-2-4-17(14)24-20-15/h5-6,8,12H,1-4,7,9-10H2,(H,22,23). The van der Waals surface area contributed by atoms with Gasteiger partial charge >= 0.3 is 5.97 Å². The lowest BCUT2D eigenvalue weighted by molar-refractivity contribution is -0.141. The molecular formula is C18H19FN2O3. The van der Waals surface area contributed by atoms with Crippen LogP contribution in [0, 0.1) is 11.7 Å². The van der Waals surface area contributed by atoms with E-state index in [1.807, 2.05) is 4.90 Å². The smallest absolute Gasteiger partial charge is 0.308 e. The minimum Gasteiger partial charge on any atom is -0.481 e. The maximum absolute atomic E-state index is 13.6. The molecule has 0 spiro atoms. The Balaban J connectivity index is 1.67. The Hall–Kier alpha value is -2.37. The van der Waals surface area contributed by atoms with Crippen molar-refractivity contribution in [3.05, 3.63) is 46.6 Å². The topological polar surface area (TPSA) is 66.6 Å². The number of carboxylic acid groups (broad SMARTS) is 1. The lowest BCUT2D eigenvalue weighted by atomic mass is 9.91. The van der Waals surface area contributed by atoms with Gasteiger partial charge in [0.25, 0.3) is 0 Å². The van der Waals surface area contributed by atoms with Crippen molar-refractivity contribution in [2.24, 2.45) is 5.92 Å². The number of rotatable bonds is 3. The highest BCUT2D eigenvalue weighted by Gasteiger charge is 2.31. The number of anilines is 1. The first-order chi connectivity index (χ1) is 11.6. The molecule has 0 saturated carbocycles. The second-order valence-corrected chi connectivity index (χ2v) is 6.63. The van der Waals surface area contributed by atoms with Crippen LogP contribution in [-0.4, -0.2) is 22.8 Å². The van der Waals surface area contributed by atoms with Crippen molar-refractivity contribution < 1.29 is 18.8 Å². The van der Waals surface area contributed by atoms with Crippen LogP contribution in [0.4, 0.5) is 10.1 Å².